The second-order valence-electron chi connectivity index (χ2n) is 5.75. The molecule has 0 aliphatic carbocycles. The van der Waals surface area contributed by atoms with Crippen molar-refractivity contribution in [2.75, 3.05) is 5.32 Å². The third kappa shape index (κ3) is 2.17. The molecule has 114 valence electrons. The molecular weight excluding hydrogens is 290 g/mol. The second-order valence-corrected chi connectivity index (χ2v) is 5.75. The minimum Gasteiger partial charge on any atom is -0.371 e. The Morgan fingerprint density at radius 1 is 1.13 bits per heavy atom. The van der Waals surface area contributed by atoms with E-state index in [4.69, 9.17) is 0 Å². The van der Waals surface area contributed by atoms with Crippen molar-refractivity contribution < 1.29 is 4.92 Å². The summed E-state index contributed by atoms with van der Waals surface area (Å²) >= 11 is 0. The fourth-order valence-corrected chi connectivity index (χ4v) is 3.13. The first-order valence-corrected chi connectivity index (χ1v) is 7.42. The molecule has 2 aromatic carbocycles. The number of fused-ring (bicyclic) bond motifs is 3. The molecule has 4 rings (SSSR count). The van der Waals surface area contributed by atoms with Crippen LogP contribution < -0.4 is 5.32 Å². The number of aromatic nitrogens is 1. The number of hydrogen-bond acceptors (Lipinski definition) is 3. The minimum absolute atomic E-state index is 0.109. The van der Waals surface area contributed by atoms with Gasteiger partial charge in [0, 0.05) is 24.0 Å². The van der Waals surface area contributed by atoms with E-state index in [2.05, 4.69) is 35.0 Å². The first-order valence-electron chi connectivity index (χ1n) is 7.42. The number of nitrogens with one attached hydrogen (secondary N) is 1. The van der Waals surface area contributed by atoms with Crippen LogP contribution in [0.25, 0.3) is 5.69 Å². The zero-order valence-electron chi connectivity index (χ0n) is 12.6. The molecule has 0 saturated carbocycles. The average Bonchev–Trinajstić information content (AvgIpc) is 3.03. The fraction of sp³-hybridized carbons (Fsp3) is 0.111. The normalized spacial score (nSPS) is 15.4. The van der Waals surface area contributed by atoms with E-state index < -0.39 is 0 Å². The Labute approximate surface area is 133 Å². The Balaban J connectivity index is 1.86. The number of hydrogen-bond donors (Lipinski definition) is 1. The van der Waals surface area contributed by atoms with Crippen LogP contribution in [-0.4, -0.2) is 9.49 Å². The smallest absolute Gasteiger partial charge is 0.269 e. The van der Waals surface area contributed by atoms with Crippen LogP contribution in [0.2, 0.25) is 0 Å². The van der Waals surface area contributed by atoms with E-state index in [0.29, 0.717) is 0 Å². The Hall–Kier alpha value is -3.08. The molecule has 1 atom stereocenters. The second kappa shape index (κ2) is 4.98. The van der Waals surface area contributed by atoms with Gasteiger partial charge in [-0.2, -0.15) is 0 Å². The first-order chi connectivity index (χ1) is 11.1. The zero-order chi connectivity index (χ0) is 16.0. The SMILES string of the molecule is Cc1ccc2c(c1)N[C@@H](c1cccc([N+](=O)[O-])c1)c1cccn1-2. The molecule has 0 radical (unpaired) electrons. The maximum Gasteiger partial charge on any atom is 0.269 e. The summed E-state index contributed by atoms with van der Waals surface area (Å²) in [5.74, 6) is 0. The van der Waals surface area contributed by atoms with Crippen LogP contribution in [-0.2, 0) is 0 Å². The van der Waals surface area contributed by atoms with Crippen molar-refractivity contribution >= 4 is 11.4 Å². The molecule has 0 amide bonds. The summed E-state index contributed by atoms with van der Waals surface area (Å²) < 4.78 is 2.13. The lowest BCUT2D eigenvalue weighted by atomic mass is 9.99. The number of anilines is 1. The van der Waals surface area contributed by atoms with Gasteiger partial charge in [-0.3, -0.25) is 10.1 Å². The number of nitrogens with zero attached hydrogens (tertiary/aromatic N) is 2. The van der Waals surface area contributed by atoms with Crippen LogP contribution in [0.3, 0.4) is 0 Å². The van der Waals surface area contributed by atoms with Crippen molar-refractivity contribution in [1.82, 2.24) is 4.57 Å². The largest absolute Gasteiger partial charge is 0.371 e. The standard InChI is InChI=1S/C18H15N3O2/c1-12-7-8-16-15(10-12)19-18(17-6-3-9-20(16)17)13-4-2-5-14(11-13)21(22)23/h2-11,18-19H,1H3/t18-/m0/s1. The van der Waals surface area contributed by atoms with E-state index in [-0.39, 0.29) is 16.7 Å². The highest BCUT2D eigenvalue weighted by molar-refractivity contribution is 5.68. The topological polar surface area (TPSA) is 60.1 Å². The molecule has 5 heteroatoms. The molecule has 1 aromatic heterocycles. The van der Waals surface area contributed by atoms with E-state index in [1.54, 1.807) is 12.1 Å². The minimum atomic E-state index is -0.358. The number of rotatable bonds is 2. The summed E-state index contributed by atoms with van der Waals surface area (Å²) in [5, 5.41) is 14.6. The van der Waals surface area contributed by atoms with Gasteiger partial charge in [-0.05, 0) is 42.3 Å². The zero-order valence-corrected chi connectivity index (χ0v) is 12.6. The third-order valence-electron chi connectivity index (χ3n) is 4.20. The third-order valence-corrected chi connectivity index (χ3v) is 4.20. The number of aryl methyl sites for hydroxylation is 1. The Bertz CT molecular complexity index is 914. The molecule has 1 aliphatic rings. The van der Waals surface area contributed by atoms with Crippen LogP contribution in [0.1, 0.15) is 22.9 Å². The van der Waals surface area contributed by atoms with Crippen LogP contribution in [0.5, 0.6) is 0 Å². The van der Waals surface area contributed by atoms with E-state index in [1.807, 2.05) is 24.4 Å². The molecule has 5 nitrogen and oxygen atoms in total. The van der Waals surface area contributed by atoms with Gasteiger partial charge in [0.1, 0.15) is 0 Å². The van der Waals surface area contributed by atoms with Crippen molar-refractivity contribution in [3.05, 3.63) is 87.7 Å². The highest BCUT2D eigenvalue weighted by Crippen LogP contribution is 2.38. The Kier molecular flexibility index (Phi) is 2.94. The van der Waals surface area contributed by atoms with Crippen LogP contribution in [0, 0.1) is 17.0 Å². The number of non-ortho nitro benzene ring substituents is 1. The van der Waals surface area contributed by atoms with Gasteiger partial charge in [0.25, 0.3) is 5.69 Å². The molecule has 0 bridgehead atoms. The molecule has 0 unspecified atom stereocenters. The summed E-state index contributed by atoms with van der Waals surface area (Å²) in [6.45, 7) is 2.05. The van der Waals surface area contributed by atoms with Gasteiger partial charge in [-0.15, -0.1) is 0 Å². The van der Waals surface area contributed by atoms with Crippen LogP contribution in [0.4, 0.5) is 11.4 Å². The summed E-state index contributed by atoms with van der Waals surface area (Å²) in [6.07, 6.45) is 2.02. The van der Waals surface area contributed by atoms with Crippen molar-refractivity contribution in [2.24, 2.45) is 0 Å². The molecule has 1 aliphatic heterocycles. The van der Waals surface area contributed by atoms with Crippen LogP contribution in [0.15, 0.2) is 60.8 Å². The summed E-state index contributed by atoms with van der Waals surface area (Å²) in [6, 6.07) is 17.0. The highest BCUT2D eigenvalue weighted by atomic mass is 16.6. The molecule has 23 heavy (non-hydrogen) atoms. The lowest BCUT2D eigenvalue weighted by molar-refractivity contribution is -0.384. The molecule has 2 heterocycles. The summed E-state index contributed by atoms with van der Waals surface area (Å²) in [4.78, 5) is 10.7. The van der Waals surface area contributed by atoms with Crippen LogP contribution >= 0.6 is 0 Å². The van der Waals surface area contributed by atoms with E-state index in [1.165, 1.54) is 11.6 Å². The highest BCUT2D eigenvalue weighted by Gasteiger charge is 2.25. The number of nitro groups is 1. The molecule has 0 fully saturated rings. The maximum atomic E-state index is 11.1. The van der Waals surface area contributed by atoms with Crippen molar-refractivity contribution in [3.8, 4) is 5.69 Å². The van der Waals surface area contributed by atoms with E-state index in [9.17, 15) is 10.1 Å². The van der Waals surface area contributed by atoms with Crippen molar-refractivity contribution in [3.63, 3.8) is 0 Å². The van der Waals surface area contributed by atoms with E-state index >= 15 is 0 Å². The number of benzene rings is 2. The van der Waals surface area contributed by atoms with E-state index in [0.717, 1.165) is 22.6 Å². The van der Waals surface area contributed by atoms with Gasteiger partial charge in [-0.25, -0.2) is 0 Å². The molecule has 3 aromatic rings. The lowest BCUT2D eigenvalue weighted by Gasteiger charge is -2.30. The monoisotopic (exact) mass is 305 g/mol. The fourth-order valence-electron chi connectivity index (χ4n) is 3.13. The predicted molar refractivity (Wildman–Crippen MR) is 89.1 cm³/mol. The Morgan fingerprint density at radius 3 is 2.83 bits per heavy atom. The van der Waals surface area contributed by atoms with Crippen molar-refractivity contribution in [1.29, 1.82) is 0 Å². The quantitative estimate of drug-likeness (QED) is 0.570. The predicted octanol–water partition coefficient (Wildman–Crippen LogP) is 4.21. The molecule has 0 saturated heterocycles. The molecular formula is C18H15N3O2. The lowest BCUT2D eigenvalue weighted by Crippen LogP contribution is -2.22. The Morgan fingerprint density at radius 2 is 2.00 bits per heavy atom. The van der Waals surface area contributed by atoms with Crippen molar-refractivity contribution in [2.45, 2.75) is 13.0 Å². The van der Waals surface area contributed by atoms with Gasteiger partial charge >= 0.3 is 0 Å². The summed E-state index contributed by atoms with van der Waals surface area (Å²) in [7, 11) is 0. The summed E-state index contributed by atoms with van der Waals surface area (Å²) in [5.41, 5.74) is 5.36. The van der Waals surface area contributed by atoms with Gasteiger partial charge in [-0.1, -0.05) is 18.2 Å². The van der Waals surface area contributed by atoms with Gasteiger partial charge < -0.3 is 9.88 Å². The van der Waals surface area contributed by atoms with Gasteiger partial charge in [0.2, 0.25) is 0 Å². The average molecular weight is 305 g/mol. The first kappa shape index (κ1) is 13.6. The number of nitro benzene ring substituents is 1. The molecule has 1 N–H and O–H groups in total. The van der Waals surface area contributed by atoms with Gasteiger partial charge in [0.15, 0.2) is 0 Å². The molecule has 0 spiro atoms. The van der Waals surface area contributed by atoms with Gasteiger partial charge in [0.05, 0.1) is 22.3 Å². The maximum absolute atomic E-state index is 11.1.